The highest BCUT2D eigenvalue weighted by atomic mass is 16.5. The van der Waals surface area contributed by atoms with Crippen molar-refractivity contribution < 1.29 is 9.53 Å². The third-order valence-corrected chi connectivity index (χ3v) is 5.26. The summed E-state index contributed by atoms with van der Waals surface area (Å²) in [6, 6.07) is 14.1. The van der Waals surface area contributed by atoms with Crippen molar-refractivity contribution in [1.82, 2.24) is 14.9 Å². The number of carbonyl (C=O) groups excluding carboxylic acids is 1. The molecular formula is C23H25N3O2. The normalized spacial score (nSPS) is 16.2. The van der Waals surface area contributed by atoms with Gasteiger partial charge in [-0.1, -0.05) is 24.3 Å². The molecule has 1 amide bonds. The lowest BCUT2D eigenvalue weighted by Gasteiger charge is -2.13. The topological polar surface area (TPSA) is 56.2 Å². The molecule has 1 fully saturated rings. The minimum atomic E-state index is -0.0654. The van der Waals surface area contributed by atoms with Gasteiger partial charge in [-0.25, -0.2) is 0 Å². The lowest BCUT2D eigenvalue weighted by molar-refractivity contribution is 0.0850. The van der Waals surface area contributed by atoms with E-state index in [0.29, 0.717) is 18.8 Å². The molecule has 0 bridgehead atoms. The Hall–Kier alpha value is -2.92. The van der Waals surface area contributed by atoms with Gasteiger partial charge in [0.1, 0.15) is 5.69 Å². The van der Waals surface area contributed by atoms with Crippen LogP contribution in [0.2, 0.25) is 0 Å². The van der Waals surface area contributed by atoms with Gasteiger partial charge in [0.15, 0.2) is 0 Å². The molecule has 5 nitrogen and oxygen atoms in total. The van der Waals surface area contributed by atoms with Crippen LogP contribution in [0.4, 0.5) is 0 Å². The Balaban J connectivity index is 1.61. The lowest BCUT2D eigenvalue weighted by atomic mass is 10.1. The molecule has 1 saturated heterocycles. The van der Waals surface area contributed by atoms with Gasteiger partial charge in [0, 0.05) is 43.9 Å². The van der Waals surface area contributed by atoms with Gasteiger partial charge >= 0.3 is 0 Å². The highest BCUT2D eigenvalue weighted by molar-refractivity contribution is 5.94. The van der Waals surface area contributed by atoms with E-state index in [-0.39, 0.29) is 12.0 Å². The van der Waals surface area contributed by atoms with Gasteiger partial charge in [-0.3, -0.25) is 9.78 Å². The van der Waals surface area contributed by atoms with Crippen molar-refractivity contribution in [3.8, 4) is 11.1 Å². The van der Waals surface area contributed by atoms with E-state index in [0.717, 1.165) is 30.6 Å². The molecular weight excluding hydrogens is 350 g/mol. The Bertz CT molecular complexity index is 943. The number of nitrogens with zero attached hydrogens (tertiary/aromatic N) is 2. The van der Waals surface area contributed by atoms with Crippen molar-refractivity contribution in [3.63, 3.8) is 0 Å². The SMILES string of the molecule is Cc1ccccc1Cn1cc(-c2ccncc2)cc1C(=O)NC[C@H]1CCCO1. The van der Waals surface area contributed by atoms with E-state index < -0.39 is 0 Å². The van der Waals surface area contributed by atoms with Gasteiger partial charge in [-0.15, -0.1) is 0 Å². The van der Waals surface area contributed by atoms with Gasteiger partial charge in [-0.05, 0) is 54.7 Å². The average Bonchev–Trinajstić information content (AvgIpc) is 3.39. The quantitative estimate of drug-likeness (QED) is 0.713. The summed E-state index contributed by atoms with van der Waals surface area (Å²) in [6.07, 6.45) is 7.78. The van der Waals surface area contributed by atoms with E-state index >= 15 is 0 Å². The number of pyridine rings is 1. The van der Waals surface area contributed by atoms with Crippen molar-refractivity contribution in [1.29, 1.82) is 0 Å². The van der Waals surface area contributed by atoms with Crippen molar-refractivity contribution in [2.45, 2.75) is 32.4 Å². The van der Waals surface area contributed by atoms with Crippen LogP contribution < -0.4 is 5.32 Å². The van der Waals surface area contributed by atoms with Gasteiger partial charge in [-0.2, -0.15) is 0 Å². The van der Waals surface area contributed by atoms with Gasteiger partial charge in [0.2, 0.25) is 0 Å². The fourth-order valence-corrected chi connectivity index (χ4v) is 3.61. The number of nitrogens with one attached hydrogen (secondary N) is 1. The van der Waals surface area contributed by atoms with Crippen molar-refractivity contribution >= 4 is 5.91 Å². The molecule has 0 spiro atoms. The van der Waals surface area contributed by atoms with Crippen molar-refractivity contribution in [3.05, 3.63) is 77.9 Å². The number of aryl methyl sites for hydroxylation is 1. The number of amides is 1. The van der Waals surface area contributed by atoms with Gasteiger partial charge in [0.25, 0.3) is 5.91 Å². The van der Waals surface area contributed by atoms with Crippen molar-refractivity contribution in [2.75, 3.05) is 13.2 Å². The van der Waals surface area contributed by atoms with E-state index in [1.54, 1.807) is 12.4 Å². The number of ether oxygens (including phenoxy) is 1. The molecule has 0 unspecified atom stereocenters. The molecule has 0 radical (unpaired) electrons. The summed E-state index contributed by atoms with van der Waals surface area (Å²) < 4.78 is 7.66. The summed E-state index contributed by atoms with van der Waals surface area (Å²) in [6.45, 7) is 4.09. The van der Waals surface area contributed by atoms with Crippen LogP contribution in [0.1, 0.15) is 34.5 Å². The molecule has 5 heteroatoms. The molecule has 3 heterocycles. The number of aromatic nitrogens is 2. The summed E-state index contributed by atoms with van der Waals surface area (Å²) in [7, 11) is 0. The molecule has 1 aromatic carbocycles. The van der Waals surface area contributed by atoms with Crippen molar-refractivity contribution in [2.24, 2.45) is 0 Å². The monoisotopic (exact) mass is 375 g/mol. The first kappa shape index (κ1) is 18.4. The maximum atomic E-state index is 12.9. The molecule has 1 N–H and O–H groups in total. The highest BCUT2D eigenvalue weighted by Crippen LogP contribution is 2.23. The fraction of sp³-hybridized carbons (Fsp3) is 0.304. The predicted octanol–water partition coefficient (Wildman–Crippen LogP) is 3.82. The second-order valence-electron chi connectivity index (χ2n) is 7.25. The molecule has 0 saturated carbocycles. The summed E-state index contributed by atoms with van der Waals surface area (Å²) in [4.78, 5) is 17.0. The minimum absolute atomic E-state index is 0.0654. The van der Waals surface area contributed by atoms with E-state index in [1.807, 2.05) is 41.1 Å². The second-order valence-corrected chi connectivity index (χ2v) is 7.25. The number of hydrogen-bond acceptors (Lipinski definition) is 3. The van der Waals surface area contributed by atoms with Crippen LogP contribution >= 0.6 is 0 Å². The van der Waals surface area contributed by atoms with E-state index in [1.165, 1.54) is 11.1 Å². The number of rotatable bonds is 6. The van der Waals surface area contributed by atoms with Gasteiger partial charge in [0.05, 0.1) is 6.10 Å². The fourth-order valence-electron chi connectivity index (χ4n) is 3.61. The Morgan fingerprint density at radius 3 is 2.79 bits per heavy atom. The number of benzene rings is 1. The molecule has 1 aliphatic heterocycles. The summed E-state index contributed by atoms with van der Waals surface area (Å²) in [5.41, 5.74) is 5.14. The highest BCUT2D eigenvalue weighted by Gasteiger charge is 2.19. The average molecular weight is 375 g/mol. The third-order valence-electron chi connectivity index (χ3n) is 5.26. The first-order valence-corrected chi connectivity index (χ1v) is 9.75. The summed E-state index contributed by atoms with van der Waals surface area (Å²) >= 11 is 0. The van der Waals surface area contributed by atoms with Crippen LogP contribution in [-0.2, 0) is 11.3 Å². The van der Waals surface area contributed by atoms with Crippen LogP contribution in [0.5, 0.6) is 0 Å². The molecule has 0 aliphatic carbocycles. The first-order valence-electron chi connectivity index (χ1n) is 9.75. The lowest BCUT2D eigenvalue weighted by Crippen LogP contribution is -2.33. The van der Waals surface area contributed by atoms with E-state index in [9.17, 15) is 4.79 Å². The molecule has 1 atom stereocenters. The summed E-state index contributed by atoms with van der Waals surface area (Å²) in [5.74, 6) is -0.0654. The molecule has 2 aromatic heterocycles. The molecule has 3 aromatic rings. The zero-order chi connectivity index (χ0) is 19.3. The zero-order valence-electron chi connectivity index (χ0n) is 16.1. The zero-order valence-corrected chi connectivity index (χ0v) is 16.1. The van der Waals surface area contributed by atoms with Crippen LogP contribution in [-0.4, -0.2) is 34.7 Å². The minimum Gasteiger partial charge on any atom is -0.376 e. The number of hydrogen-bond donors (Lipinski definition) is 1. The molecule has 28 heavy (non-hydrogen) atoms. The predicted molar refractivity (Wildman–Crippen MR) is 109 cm³/mol. The molecule has 1 aliphatic rings. The molecule has 4 rings (SSSR count). The standard InChI is InChI=1S/C23H25N3O2/c1-17-5-2-3-6-19(17)15-26-16-20(18-8-10-24-11-9-18)13-22(26)23(27)25-14-21-7-4-12-28-21/h2-3,5-6,8-11,13,16,21H,4,7,12,14-15H2,1H3,(H,25,27)/t21-/m1/s1. The van der Waals surface area contributed by atoms with Crippen LogP contribution in [0.25, 0.3) is 11.1 Å². The maximum absolute atomic E-state index is 12.9. The Morgan fingerprint density at radius 2 is 2.04 bits per heavy atom. The van der Waals surface area contributed by atoms with Gasteiger partial charge < -0.3 is 14.6 Å². The van der Waals surface area contributed by atoms with Crippen LogP contribution in [0, 0.1) is 6.92 Å². The summed E-state index contributed by atoms with van der Waals surface area (Å²) in [5, 5.41) is 3.05. The van der Waals surface area contributed by atoms with Crippen LogP contribution in [0.15, 0.2) is 61.1 Å². The largest absolute Gasteiger partial charge is 0.376 e. The maximum Gasteiger partial charge on any atom is 0.268 e. The Morgan fingerprint density at radius 1 is 1.21 bits per heavy atom. The second kappa shape index (κ2) is 8.40. The third kappa shape index (κ3) is 4.15. The Kier molecular flexibility index (Phi) is 5.53. The Labute approximate surface area is 165 Å². The number of carbonyl (C=O) groups is 1. The first-order chi connectivity index (χ1) is 13.7. The van der Waals surface area contributed by atoms with E-state index in [2.05, 4.69) is 29.4 Å². The van der Waals surface area contributed by atoms with E-state index in [4.69, 9.17) is 4.74 Å². The molecule has 144 valence electrons. The smallest absolute Gasteiger partial charge is 0.268 e. The van der Waals surface area contributed by atoms with Crippen LogP contribution in [0.3, 0.4) is 0 Å².